The highest BCUT2D eigenvalue weighted by Crippen LogP contribution is 2.21. The fourth-order valence-corrected chi connectivity index (χ4v) is 2.24. The van der Waals surface area contributed by atoms with Crippen molar-refractivity contribution in [3.63, 3.8) is 0 Å². The van der Waals surface area contributed by atoms with Crippen LogP contribution in [0.3, 0.4) is 0 Å². The highest BCUT2D eigenvalue weighted by Gasteiger charge is 2.10. The third kappa shape index (κ3) is 6.27. The quantitative estimate of drug-likeness (QED) is 0.428. The molecular formula is C18H18ClN3O5. The summed E-state index contributed by atoms with van der Waals surface area (Å²) < 4.78 is 5.54. The van der Waals surface area contributed by atoms with Gasteiger partial charge in [-0.15, -0.1) is 0 Å². The molecule has 0 aromatic heterocycles. The van der Waals surface area contributed by atoms with E-state index in [2.05, 4.69) is 10.9 Å². The second-order valence-corrected chi connectivity index (χ2v) is 6.08. The van der Waals surface area contributed by atoms with Gasteiger partial charge in [-0.1, -0.05) is 11.6 Å². The van der Waals surface area contributed by atoms with Crippen molar-refractivity contribution in [2.24, 2.45) is 0 Å². The number of amides is 2. The third-order valence-electron chi connectivity index (χ3n) is 3.60. The van der Waals surface area contributed by atoms with Crippen molar-refractivity contribution < 1.29 is 19.2 Å². The normalized spacial score (nSPS) is 10.1. The smallest absolute Gasteiger partial charge is 0.269 e. The maximum Gasteiger partial charge on any atom is 0.269 e. The molecule has 0 aliphatic carbocycles. The van der Waals surface area contributed by atoms with Gasteiger partial charge in [0, 0.05) is 29.1 Å². The van der Waals surface area contributed by atoms with Gasteiger partial charge in [0.15, 0.2) is 0 Å². The van der Waals surface area contributed by atoms with E-state index in [9.17, 15) is 19.7 Å². The monoisotopic (exact) mass is 391 g/mol. The molecule has 0 aliphatic heterocycles. The number of benzene rings is 2. The average molecular weight is 392 g/mol. The lowest BCUT2D eigenvalue weighted by atomic mass is 10.2. The third-order valence-corrected chi connectivity index (χ3v) is 4.03. The van der Waals surface area contributed by atoms with Gasteiger partial charge in [0.2, 0.25) is 5.91 Å². The lowest BCUT2D eigenvalue weighted by Crippen LogP contribution is -2.41. The first kappa shape index (κ1) is 20.2. The van der Waals surface area contributed by atoms with Crippen LogP contribution in [0.2, 0.25) is 5.02 Å². The largest absolute Gasteiger partial charge is 0.494 e. The number of non-ortho nitro benzene ring substituents is 1. The number of nitro groups is 1. The SMILES string of the molecule is Cc1cc(OCCCC(=O)NNC(=O)c2ccc([N+](=O)[O-])cc2)ccc1Cl. The summed E-state index contributed by atoms with van der Waals surface area (Å²) in [5.41, 5.74) is 5.53. The number of hydrogen-bond donors (Lipinski definition) is 2. The van der Waals surface area contributed by atoms with Gasteiger partial charge in [-0.2, -0.15) is 0 Å². The van der Waals surface area contributed by atoms with Crippen molar-refractivity contribution in [2.75, 3.05) is 6.61 Å². The van der Waals surface area contributed by atoms with Gasteiger partial charge in [-0.25, -0.2) is 0 Å². The Hall–Kier alpha value is -3.13. The van der Waals surface area contributed by atoms with Crippen LogP contribution in [0.25, 0.3) is 0 Å². The van der Waals surface area contributed by atoms with Crippen LogP contribution in [0.5, 0.6) is 5.75 Å². The van der Waals surface area contributed by atoms with E-state index in [4.69, 9.17) is 16.3 Å². The Labute approximate surface area is 160 Å². The second-order valence-electron chi connectivity index (χ2n) is 5.67. The molecule has 2 amide bonds. The Morgan fingerprint density at radius 1 is 1.15 bits per heavy atom. The van der Waals surface area contributed by atoms with Crippen LogP contribution in [0, 0.1) is 17.0 Å². The Morgan fingerprint density at radius 2 is 1.85 bits per heavy atom. The summed E-state index contributed by atoms with van der Waals surface area (Å²) in [4.78, 5) is 33.6. The fourth-order valence-electron chi connectivity index (χ4n) is 2.13. The molecule has 0 unspecified atom stereocenters. The topological polar surface area (TPSA) is 111 Å². The predicted octanol–water partition coefficient (Wildman–Crippen LogP) is 3.18. The van der Waals surface area contributed by atoms with Crippen molar-refractivity contribution >= 4 is 29.1 Å². The highest BCUT2D eigenvalue weighted by atomic mass is 35.5. The lowest BCUT2D eigenvalue weighted by Gasteiger charge is -2.09. The van der Waals surface area contributed by atoms with E-state index in [1.165, 1.54) is 24.3 Å². The fraction of sp³-hybridized carbons (Fsp3) is 0.222. The van der Waals surface area contributed by atoms with E-state index in [0.717, 1.165) is 5.56 Å². The summed E-state index contributed by atoms with van der Waals surface area (Å²) in [5.74, 6) is -0.268. The number of hydrazine groups is 1. The number of ether oxygens (including phenoxy) is 1. The molecule has 2 rings (SSSR count). The van der Waals surface area contributed by atoms with Crippen molar-refractivity contribution in [1.29, 1.82) is 0 Å². The molecule has 0 aliphatic rings. The number of carbonyl (C=O) groups is 2. The Morgan fingerprint density at radius 3 is 2.48 bits per heavy atom. The van der Waals surface area contributed by atoms with Crippen LogP contribution in [0.4, 0.5) is 5.69 Å². The first-order valence-electron chi connectivity index (χ1n) is 8.09. The van der Waals surface area contributed by atoms with Gasteiger partial charge in [-0.05, 0) is 49.2 Å². The van der Waals surface area contributed by atoms with E-state index in [0.29, 0.717) is 23.8 Å². The molecule has 0 saturated heterocycles. The van der Waals surface area contributed by atoms with Crippen LogP contribution in [-0.2, 0) is 4.79 Å². The minimum absolute atomic E-state index is 0.119. The van der Waals surface area contributed by atoms with Gasteiger partial charge in [0.1, 0.15) is 5.75 Å². The van der Waals surface area contributed by atoms with Gasteiger partial charge < -0.3 is 4.74 Å². The summed E-state index contributed by atoms with van der Waals surface area (Å²) in [6.07, 6.45) is 0.619. The minimum Gasteiger partial charge on any atom is -0.494 e. The molecular weight excluding hydrogens is 374 g/mol. The molecule has 0 radical (unpaired) electrons. The maximum absolute atomic E-state index is 11.9. The molecule has 142 valence electrons. The second kappa shape index (κ2) is 9.54. The van der Waals surface area contributed by atoms with Gasteiger partial charge >= 0.3 is 0 Å². The molecule has 0 spiro atoms. The number of carbonyl (C=O) groups excluding carboxylic acids is 2. The molecule has 2 N–H and O–H groups in total. The summed E-state index contributed by atoms with van der Waals surface area (Å²) in [6, 6.07) is 10.3. The first-order chi connectivity index (χ1) is 12.9. The van der Waals surface area contributed by atoms with E-state index >= 15 is 0 Å². The van der Waals surface area contributed by atoms with Gasteiger partial charge in [0.25, 0.3) is 11.6 Å². The summed E-state index contributed by atoms with van der Waals surface area (Å²) in [5, 5.41) is 11.2. The molecule has 0 atom stereocenters. The Kier molecular flexibility index (Phi) is 7.13. The predicted molar refractivity (Wildman–Crippen MR) is 99.6 cm³/mol. The van der Waals surface area contributed by atoms with Crippen LogP contribution < -0.4 is 15.6 Å². The minimum atomic E-state index is -0.564. The zero-order valence-corrected chi connectivity index (χ0v) is 15.3. The van der Waals surface area contributed by atoms with Crippen molar-refractivity contribution in [3.8, 4) is 5.75 Å². The number of aryl methyl sites for hydroxylation is 1. The number of nitro benzene ring substituents is 1. The highest BCUT2D eigenvalue weighted by molar-refractivity contribution is 6.31. The molecule has 2 aromatic carbocycles. The number of rotatable bonds is 7. The molecule has 9 heteroatoms. The Balaban J connectivity index is 1.68. The number of hydrogen-bond acceptors (Lipinski definition) is 5. The molecule has 0 heterocycles. The number of nitrogens with zero attached hydrogens (tertiary/aromatic N) is 1. The van der Waals surface area contributed by atoms with Crippen LogP contribution >= 0.6 is 11.6 Å². The number of halogens is 1. The van der Waals surface area contributed by atoms with Crippen LogP contribution in [0.15, 0.2) is 42.5 Å². The van der Waals surface area contributed by atoms with E-state index < -0.39 is 10.8 Å². The molecule has 0 saturated carbocycles. The van der Waals surface area contributed by atoms with Crippen LogP contribution in [0.1, 0.15) is 28.8 Å². The van der Waals surface area contributed by atoms with E-state index in [-0.39, 0.29) is 23.6 Å². The Bertz CT molecular complexity index is 839. The summed E-state index contributed by atoms with van der Waals surface area (Å²) >= 11 is 5.94. The van der Waals surface area contributed by atoms with E-state index in [1.54, 1.807) is 12.1 Å². The zero-order valence-electron chi connectivity index (χ0n) is 14.5. The van der Waals surface area contributed by atoms with Crippen LogP contribution in [-0.4, -0.2) is 23.3 Å². The summed E-state index contributed by atoms with van der Waals surface area (Å²) in [7, 11) is 0. The van der Waals surface area contributed by atoms with Crippen molar-refractivity contribution in [2.45, 2.75) is 19.8 Å². The molecule has 8 nitrogen and oxygen atoms in total. The summed E-state index contributed by atoms with van der Waals surface area (Å²) in [6.45, 7) is 2.21. The van der Waals surface area contributed by atoms with Crippen molar-refractivity contribution in [1.82, 2.24) is 10.9 Å². The van der Waals surface area contributed by atoms with Gasteiger partial charge in [-0.3, -0.25) is 30.6 Å². The average Bonchev–Trinajstić information content (AvgIpc) is 2.66. The van der Waals surface area contributed by atoms with E-state index in [1.807, 2.05) is 13.0 Å². The first-order valence-corrected chi connectivity index (χ1v) is 8.47. The molecule has 2 aromatic rings. The molecule has 0 fully saturated rings. The maximum atomic E-state index is 11.9. The lowest BCUT2D eigenvalue weighted by molar-refractivity contribution is -0.384. The zero-order chi connectivity index (χ0) is 19.8. The standard InChI is InChI=1S/C18H18ClN3O5/c1-12-11-15(8-9-16(12)19)27-10-2-3-17(23)20-21-18(24)13-4-6-14(7-5-13)22(25)26/h4-9,11H,2-3,10H2,1H3,(H,20,23)(H,21,24). The molecule has 27 heavy (non-hydrogen) atoms. The van der Waals surface area contributed by atoms with Crippen molar-refractivity contribution in [3.05, 3.63) is 68.7 Å². The molecule has 0 bridgehead atoms. The van der Waals surface area contributed by atoms with Gasteiger partial charge in [0.05, 0.1) is 11.5 Å². The number of nitrogens with one attached hydrogen (secondary N) is 2.